The van der Waals surface area contributed by atoms with E-state index < -0.39 is 11.4 Å². The minimum absolute atomic E-state index is 0.101. The highest BCUT2D eigenvalue weighted by Crippen LogP contribution is 2.48. The van der Waals surface area contributed by atoms with Crippen LogP contribution in [0.4, 0.5) is 10.1 Å². The van der Waals surface area contributed by atoms with Crippen molar-refractivity contribution in [3.05, 3.63) is 65.0 Å². The molecular weight excluding hydrogens is 419 g/mol. The van der Waals surface area contributed by atoms with Crippen molar-refractivity contribution < 1.29 is 13.9 Å². The SMILES string of the molecule is COc1ccc2c(C3(NC(=O)c4cc(N5CC(N(C)C)C5)ccc4C)CC3)ccc(F)c2n1. The first-order chi connectivity index (χ1) is 15.8. The Kier molecular flexibility index (Phi) is 5.24. The molecule has 0 radical (unpaired) electrons. The first kappa shape index (κ1) is 21.6. The van der Waals surface area contributed by atoms with Crippen LogP contribution in [0.25, 0.3) is 10.9 Å². The summed E-state index contributed by atoms with van der Waals surface area (Å²) in [6.45, 7) is 3.87. The van der Waals surface area contributed by atoms with Crippen LogP contribution >= 0.6 is 0 Å². The summed E-state index contributed by atoms with van der Waals surface area (Å²) in [5.74, 6) is -0.137. The first-order valence-corrected chi connectivity index (χ1v) is 11.3. The van der Waals surface area contributed by atoms with Gasteiger partial charge >= 0.3 is 0 Å². The number of hydrogen-bond acceptors (Lipinski definition) is 5. The van der Waals surface area contributed by atoms with Gasteiger partial charge in [-0.05, 0) is 69.3 Å². The van der Waals surface area contributed by atoms with Crippen molar-refractivity contribution in [2.45, 2.75) is 31.3 Å². The highest BCUT2D eigenvalue weighted by atomic mass is 19.1. The zero-order valence-electron chi connectivity index (χ0n) is 19.5. The predicted molar refractivity (Wildman–Crippen MR) is 127 cm³/mol. The molecular formula is C26H29FN4O2. The highest BCUT2D eigenvalue weighted by Gasteiger charge is 2.47. The van der Waals surface area contributed by atoms with Crippen LogP contribution in [0.15, 0.2) is 42.5 Å². The molecule has 0 atom stereocenters. The van der Waals surface area contributed by atoms with E-state index in [2.05, 4.69) is 40.3 Å². The molecule has 172 valence electrons. The van der Waals surface area contributed by atoms with Gasteiger partial charge in [0.2, 0.25) is 5.88 Å². The number of nitrogens with zero attached hydrogens (tertiary/aromatic N) is 3. The fraction of sp³-hybridized carbons (Fsp3) is 0.385. The number of rotatable bonds is 6. The molecule has 2 fully saturated rings. The van der Waals surface area contributed by atoms with Gasteiger partial charge in [-0.2, -0.15) is 0 Å². The van der Waals surface area contributed by atoms with Crippen molar-refractivity contribution in [3.8, 4) is 5.88 Å². The molecule has 1 aromatic heterocycles. The number of methoxy groups -OCH3 is 1. The van der Waals surface area contributed by atoms with E-state index in [1.807, 2.05) is 25.1 Å². The van der Waals surface area contributed by atoms with Crippen LogP contribution in [-0.2, 0) is 5.54 Å². The average molecular weight is 449 g/mol. The molecule has 1 saturated carbocycles. The predicted octanol–water partition coefficient (Wildman–Crippen LogP) is 3.86. The van der Waals surface area contributed by atoms with Crippen LogP contribution in [-0.4, -0.2) is 56.1 Å². The van der Waals surface area contributed by atoms with Crippen LogP contribution in [0.2, 0.25) is 0 Å². The van der Waals surface area contributed by atoms with E-state index in [9.17, 15) is 9.18 Å². The van der Waals surface area contributed by atoms with Gasteiger partial charge in [-0.1, -0.05) is 12.1 Å². The van der Waals surface area contributed by atoms with E-state index in [-0.39, 0.29) is 11.4 Å². The summed E-state index contributed by atoms with van der Waals surface area (Å²) in [6, 6.07) is 13.4. The molecule has 3 aromatic rings. The van der Waals surface area contributed by atoms with Crippen LogP contribution in [0.3, 0.4) is 0 Å². The van der Waals surface area contributed by atoms with E-state index in [1.165, 1.54) is 13.2 Å². The molecule has 0 unspecified atom stereocenters. The third kappa shape index (κ3) is 3.80. The van der Waals surface area contributed by atoms with Crippen molar-refractivity contribution >= 4 is 22.5 Å². The van der Waals surface area contributed by atoms with Crippen molar-refractivity contribution in [3.63, 3.8) is 0 Å². The van der Waals surface area contributed by atoms with Crippen molar-refractivity contribution in [2.75, 3.05) is 39.2 Å². The van der Waals surface area contributed by atoms with Crippen molar-refractivity contribution in [1.82, 2.24) is 15.2 Å². The minimum atomic E-state index is -0.505. The number of halogens is 1. The van der Waals surface area contributed by atoms with E-state index in [4.69, 9.17) is 4.74 Å². The summed E-state index contributed by atoms with van der Waals surface area (Å²) >= 11 is 0. The Morgan fingerprint density at radius 3 is 2.61 bits per heavy atom. The Hall–Kier alpha value is -3.19. The van der Waals surface area contributed by atoms with E-state index >= 15 is 0 Å². The normalized spacial score (nSPS) is 17.2. The standard InChI is InChI=1S/C26H29FN4O2/c1-16-5-6-17(31-14-18(15-31)30(2)3)13-20(16)25(32)29-26(11-12-26)21-8-9-22(27)24-19(21)7-10-23(28-24)33-4/h5-10,13,18H,11-12,14-15H2,1-4H3,(H,29,32). The summed E-state index contributed by atoms with van der Waals surface area (Å²) in [6.07, 6.45) is 1.61. The van der Waals surface area contributed by atoms with Gasteiger partial charge < -0.3 is 19.9 Å². The molecule has 0 bridgehead atoms. The summed E-state index contributed by atoms with van der Waals surface area (Å²) in [7, 11) is 5.70. The summed E-state index contributed by atoms with van der Waals surface area (Å²) in [5.41, 5.74) is 3.34. The Balaban J connectivity index is 1.42. The molecule has 1 N–H and O–H groups in total. The average Bonchev–Trinajstić information content (AvgIpc) is 3.53. The third-order valence-corrected chi connectivity index (χ3v) is 7.03. The number of amides is 1. The van der Waals surface area contributed by atoms with Gasteiger partial charge in [0.25, 0.3) is 5.91 Å². The molecule has 1 aliphatic heterocycles. The number of carbonyl (C=O) groups excluding carboxylic acids is 1. The lowest BCUT2D eigenvalue weighted by Crippen LogP contribution is -2.57. The Morgan fingerprint density at radius 1 is 1.18 bits per heavy atom. The second kappa shape index (κ2) is 7.99. The number of fused-ring (bicyclic) bond motifs is 1. The van der Waals surface area contributed by atoms with Crippen LogP contribution < -0.4 is 15.0 Å². The first-order valence-electron chi connectivity index (χ1n) is 11.3. The molecule has 33 heavy (non-hydrogen) atoms. The molecule has 2 aromatic carbocycles. The number of hydrogen-bond donors (Lipinski definition) is 1. The number of pyridine rings is 1. The van der Waals surface area contributed by atoms with E-state index in [1.54, 1.807) is 12.1 Å². The van der Waals surface area contributed by atoms with Gasteiger partial charge in [0.15, 0.2) is 0 Å². The second-order valence-electron chi connectivity index (χ2n) is 9.40. The zero-order chi connectivity index (χ0) is 23.3. The number of benzene rings is 2. The van der Waals surface area contributed by atoms with Gasteiger partial charge in [-0.3, -0.25) is 4.79 Å². The topological polar surface area (TPSA) is 57.7 Å². The van der Waals surface area contributed by atoms with Crippen LogP contribution in [0.5, 0.6) is 5.88 Å². The zero-order valence-corrected chi connectivity index (χ0v) is 19.5. The number of likely N-dealkylation sites (N-methyl/N-ethyl adjacent to an activating group) is 1. The Bertz CT molecular complexity index is 1230. The number of carbonyl (C=O) groups is 1. The largest absolute Gasteiger partial charge is 0.481 e. The number of ether oxygens (including phenoxy) is 1. The molecule has 2 aliphatic rings. The maximum absolute atomic E-state index is 14.5. The van der Waals surface area contributed by atoms with Gasteiger partial charge in [-0.15, -0.1) is 0 Å². The van der Waals surface area contributed by atoms with Crippen molar-refractivity contribution in [1.29, 1.82) is 0 Å². The van der Waals surface area contributed by atoms with Crippen molar-refractivity contribution in [2.24, 2.45) is 0 Å². The third-order valence-electron chi connectivity index (χ3n) is 7.03. The molecule has 0 spiro atoms. The van der Waals surface area contributed by atoms with Crippen LogP contribution in [0, 0.1) is 12.7 Å². The van der Waals surface area contributed by atoms with Gasteiger partial charge in [0.1, 0.15) is 11.3 Å². The maximum Gasteiger partial charge on any atom is 0.252 e. The summed E-state index contributed by atoms with van der Waals surface area (Å²) < 4.78 is 19.7. The van der Waals surface area contributed by atoms with Gasteiger partial charge in [0, 0.05) is 41.8 Å². The van der Waals surface area contributed by atoms with E-state index in [0.717, 1.165) is 42.7 Å². The molecule has 6 nitrogen and oxygen atoms in total. The van der Waals surface area contributed by atoms with E-state index in [0.29, 0.717) is 22.9 Å². The lowest BCUT2D eigenvalue weighted by Gasteiger charge is -2.44. The molecule has 5 rings (SSSR count). The maximum atomic E-state index is 14.5. The molecule has 2 heterocycles. The fourth-order valence-electron chi connectivity index (χ4n) is 4.61. The summed E-state index contributed by atoms with van der Waals surface area (Å²) in [5, 5.41) is 3.97. The lowest BCUT2D eigenvalue weighted by molar-refractivity contribution is 0.0930. The van der Waals surface area contributed by atoms with Gasteiger partial charge in [0.05, 0.1) is 12.6 Å². The monoisotopic (exact) mass is 448 g/mol. The molecule has 1 aliphatic carbocycles. The number of anilines is 1. The summed E-state index contributed by atoms with van der Waals surface area (Å²) in [4.78, 5) is 22.2. The fourth-order valence-corrected chi connectivity index (χ4v) is 4.61. The molecule has 1 saturated heterocycles. The molecule has 7 heteroatoms. The lowest BCUT2D eigenvalue weighted by atomic mass is 9.97. The Morgan fingerprint density at radius 2 is 1.94 bits per heavy atom. The Labute approximate surface area is 193 Å². The number of aromatic nitrogens is 1. The quantitative estimate of drug-likeness (QED) is 0.621. The minimum Gasteiger partial charge on any atom is -0.481 e. The smallest absolute Gasteiger partial charge is 0.252 e. The number of nitrogens with one attached hydrogen (secondary N) is 1. The second-order valence-corrected chi connectivity index (χ2v) is 9.40. The highest BCUT2D eigenvalue weighted by molar-refractivity contribution is 5.98. The van der Waals surface area contributed by atoms with Gasteiger partial charge in [-0.25, -0.2) is 9.37 Å². The molecule has 1 amide bonds. The number of aryl methyl sites for hydroxylation is 1. The van der Waals surface area contributed by atoms with Crippen LogP contribution in [0.1, 0.15) is 34.3 Å².